The number of hydrogen-bond donors (Lipinski definition) is 0. The van der Waals surface area contributed by atoms with Gasteiger partial charge in [0.15, 0.2) is 0 Å². The predicted molar refractivity (Wildman–Crippen MR) is 114 cm³/mol. The Bertz CT molecular complexity index is 1020. The molecule has 0 bridgehead atoms. The van der Waals surface area contributed by atoms with Crippen LogP contribution in [-0.4, -0.2) is 43.9 Å². The van der Waals surface area contributed by atoms with Crippen LogP contribution in [0.1, 0.15) is 51.1 Å². The first kappa shape index (κ1) is 20.9. The second-order valence-corrected chi connectivity index (χ2v) is 10.3. The second-order valence-electron chi connectivity index (χ2n) is 8.32. The second kappa shape index (κ2) is 8.78. The number of hydrogen-bond acceptors (Lipinski definition) is 6. The van der Waals surface area contributed by atoms with Crippen LogP contribution >= 0.6 is 0 Å². The molecule has 0 saturated carbocycles. The van der Waals surface area contributed by atoms with E-state index in [1.807, 2.05) is 0 Å². The number of benzene rings is 1. The molecule has 8 heteroatoms. The van der Waals surface area contributed by atoms with E-state index >= 15 is 0 Å². The van der Waals surface area contributed by atoms with Gasteiger partial charge in [0.25, 0.3) is 0 Å². The van der Waals surface area contributed by atoms with Crippen LogP contribution in [0.3, 0.4) is 0 Å². The maximum atomic E-state index is 13.0. The van der Waals surface area contributed by atoms with Crippen molar-refractivity contribution in [2.45, 2.75) is 50.3 Å². The van der Waals surface area contributed by atoms with Crippen LogP contribution in [0.25, 0.3) is 11.5 Å². The molecule has 0 radical (unpaired) electrons. The molecule has 0 amide bonds. The quantitative estimate of drug-likeness (QED) is 0.731. The molecule has 1 atom stereocenters. The normalized spacial score (nSPS) is 21.2. The molecule has 1 aromatic heterocycles. The molecule has 1 aromatic carbocycles. The highest BCUT2D eigenvalue weighted by molar-refractivity contribution is 7.89. The number of sulfonamides is 1. The third-order valence-electron chi connectivity index (χ3n) is 5.97. The van der Waals surface area contributed by atoms with E-state index in [1.54, 1.807) is 28.6 Å². The maximum Gasteiger partial charge on any atom is 0.243 e. The highest BCUT2D eigenvalue weighted by Crippen LogP contribution is 2.31. The topological polar surface area (TPSA) is 90.4 Å². The van der Waals surface area contributed by atoms with Crippen molar-refractivity contribution < 1.29 is 12.8 Å². The fraction of sp³-hybridized carbons (Fsp3) is 0.545. The number of aromatic nitrogens is 1. The van der Waals surface area contributed by atoms with E-state index in [4.69, 9.17) is 4.42 Å². The number of anilines is 1. The number of oxazole rings is 1. The van der Waals surface area contributed by atoms with Gasteiger partial charge in [-0.1, -0.05) is 19.8 Å². The van der Waals surface area contributed by atoms with Gasteiger partial charge in [-0.25, -0.2) is 8.42 Å². The molecule has 2 aliphatic rings. The van der Waals surface area contributed by atoms with Gasteiger partial charge in [-0.15, -0.1) is 0 Å². The van der Waals surface area contributed by atoms with Gasteiger partial charge >= 0.3 is 0 Å². The molecule has 0 spiro atoms. The molecule has 2 aliphatic heterocycles. The highest BCUT2D eigenvalue weighted by Gasteiger charge is 2.29. The van der Waals surface area contributed by atoms with Gasteiger partial charge in [-0.05, 0) is 55.9 Å². The van der Waals surface area contributed by atoms with Gasteiger partial charge in [0.05, 0.1) is 4.90 Å². The maximum absolute atomic E-state index is 13.0. The lowest BCUT2D eigenvalue weighted by Gasteiger charge is -2.30. The van der Waals surface area contributed by atoms with Crippen LogP contribution in [0, 0.1) is 17.2 Å². The fourth-order valence-corrected chi connectivity index (χ4v) is 5.88. The molecule has 3 heterocycles. The Morgan fingerprint density at radius 3 is 2.40 bits per heavy atom. The van der Waals surface area contributed by atoms with Gasteiger partial charge in [-0.3, -0.25) is 0 Å². The smallest absolute Gasteiger partial charge is 0.243 e. The largest absolute Gasteiger partial charge is 0.419 e. The van der Waals surface area contributed by atoms with Gasteiger partial charge < -0.3 is 9.32 Å². The van der Waals surface area contributed by atoms with Crippen LogP contribution in [-0.2, 0) is 10.0 Å². The zero-order valence-corrected chi connectivity index (χ0v) is 18.2. The highest BCUT2D eigenvalue weighted by atomic mass is 32.2. The SMILES string of the molecule is C[C@H]1CCCN(S(=O)(=O)c2ccc(-c3nc(C#N)c(N4CCCCCC4)o3)cc2)C1. The molecule has 0 unspecified atom stereocenters. The minimum absolute atomic E-state index is 0.278. The van der Waals surface area contributed by atoms with Crippen molar-refractivity contribution in [3.63, 3.8) is 0 Å². The van der Waals surface area contributed by atoms with Crippen molar-refractivity contribution in [1.82, 2.24) is 9.29 Å². The van der Waals surface area contributed by atoms with Crippen molar-refractivity contribution in [3.8, 4) is 17.5 Å². The average Bonchev–Trinajstić information content (AvgIpc) is 3.00. The minimum Gasteiger partial charge on any atom is -0.419 e. The Kier molecular flexibility index (Phi) is 6.11. The number of nitrogens with zero attached hydrogens (tertiary/aromatic N) is 4. The van der Waals surface area contributed by atoms with E-state index in [9.17, 15) is 13.7 Å². The average molecular weight is 429 g/mol. The number of rotatable bonds is 4. The molecular formula is C22H28N4O3S. The first-order valence-corrected chi connectivity index (χ1v) is 12.2. The predicted octanol–water partition coefficient (Wildman–Crippen LogP) is 4.01. The molecule has 2 aromatic rings. The zero-order chi connectivity index (χ0) is 21.1. The first-order valence-electron chi connectivity index (χ1n) is 10.8. The molecule has 7 nitrogen and oxygen atoms in total. The Morgan fingerprint density at radius 1 is 1.07 bits per heavy atom. The summed E-state index contributed by atoms with van der Waals surface area (Å²) >= 11 is 0. The summed E-state index contributed by atoms with van der Waals surface area (Å²) < 4.78 is 33.5. The Morgan fingerprint density at radius 2 is 1.77 bits per heavy atom. The van der Waals surface area contributed by atoms with Crippen LogP contribution < -0.4 is 4.90 Å². The van der Waals surface area contributed by atoms with Crippen molar-refractivity contribution in [2.24, 2.45) is 5.92 Å². The summed E-state index contributed by atoms with van der Waals surface area (Å²) in [7, 11) is -3.50. The molecular weight excluding hydrogens is 400 g/mol. The summed E-state index contributed by atoms with van der Waals surface area (Å²) in [6.45, 7) is 4.93. The number of nitriles is 1. The van der Waals surface area contributed by atoms with Gasteiger partial charge in [0, 0.05) is 31.7 Å². The van der Waals surface area contributed by atoms with Gasteiger partial charge in [0.1, 0.15) is 6.07 Å². The molecule has 0 aliphatic carbocycles. The third kappa shape index (κ3) is 4.23. The first-order chi connectivity index (χ1) is 14.5. The van der Waals surface area contributed by atoms with Crippen molar-refractivity contribution in [2.75, 3.05) is 31.1 Å². The van der Waals surface area contributed by atoms with Crippen LogP contribution in [0.4, 0.5) is 5.88 Å². The van der Waals surface area contributed by atoms with Crippen LogP contribution in [0.2, 0.25) is 0 Å². The van der Waals surface area contributed by atoms with Gasteiger partial charge in [0.2, 0.25) is 27.5 Å². The van der Waals surface area contributed by atoms with Crippen LogP contribution in [0.5, 0.6) is 0 Å². The Hall–Kier alpha value is -2.37. The molecule has 2 saturated heterocycles. The monoisotopic (exact) mass is 428 g/mol. The molecule has 160 valence electrons. The Labute approximate surface area is 178 Å². The van der Waals surface area contributed by atoms with Crippen molar-refractivity contribution in [3.05, 3.63) is 30.0 Å². The molecule has 0 N–H and O–H groups in total. The third-order valence-corrected chi connectivity index (χ3v) is 7.85. The number of piperidine rings is 1. The summed E-state index contributed by atoms with van der Waals surface area (Å²) in [6.07, 6.45) is 6.47. The van der Waals surface area contributed by atoms with E-state index in [2.05, 4.69) is 22.9 Å². The van der Waals surface area contributed by atoms with Gasteiger partial charge in [-0.2, -0.15) is 14.6 Å². The van der Waals surface area contributed by atoms with E-state index < -0.39 is 10.0 Å². The van der Waals surface area contributed by atoms with Crippen molar-refractivity contribution >= 4 is 15.9 Å². The lowest BCUT2D eigenvalue weighted by Crippen LogP contribution is -2.39. The molecule has 2 fully saturated rings. The zero-order valence-electron chi connectivity index (χ0n) is 17.4. The molecule has 30 heavy (non-hydrogen) atoms. The fourth-order valence-electron chi connectivity index (χ4n) is 4.28. The van der Waals surface area contributed by atoms with Crippen molar-refractivity contribution in [1.29, 1.82) is 5.26 Å². The van der Waals surface area contributed by atoms with E-state index in [0.717, 1.165) is 38.8 Å². The summed E-state index contributed by atoms with van der Waals surface area (Å²) in [4.78, 5) is 6.74. The summed E-state index contributed by atoms with van der Waals surface area (Å²) in [5.74, 6) is 1.25. The van der Waals surface area contributed by atoms with E-state index in [0.29, 0.717) is 36.3 Å². The summed E-state index contributed by atoms with van der Waals surface area (Å²) in [5, 5.41) is 9.51. The van der Waals surface area contributed by atoms with Crippen LogP contribution in [0.15, 0.2) is 33.6 Å². The minimum atomic E-state index is -3.50. The lowest BCUT2D eigenvalue weighted by molar-refractivity contribution is 0.281. The molecule has 4 rings (SSSR count). The van der Waals surface area contributed by atoms with E-state index in [1.165, 1.54) is 12.8 Å². The standard InChI is InChI=1S/C22H28N4O3S/c1-17-7-6-14-26(16-17)30(27,28)19-10-8-18(9-11-19)21-24-20(15-23)22(29-21)25-12-4-2-3-5-13-25/h8-11,17H,2-7,12-14,16H2,1H3/t17-/m0/s1. The Balaban J connectivity index is 1.58. The van der Waals surface area contributed by atoms with E-state index in [-0.39, 0.29) is 10.6 Å². The lowest BCUT2D eigenvalue weighted by atomic mass is 10.0. The summed E-state index contributed by atoms with van der Waals surface area (Å²) in [6, 6.07) is 8.76. The summed E-state index contributed by atoms with van der Waals surface area (Å²) in [5.41, 5.74) is 0.949.